The molecule has 0 bridgehead atoms. The number of nitrogens with zero attached hydrogens (tertiary/aromatic N) is 1. The quantitative estimate of drug-likeness (QED) is 0.510. The minimum atomic E-state index is -0.880. The Bertz CT molecular complexity index is 125. The molecule has 8 heavy (non-hydrogen) atoms. The minimum Gasteiger partial charge on any atom is -0.359 e. The SMILES string of the molecule is COC(C#N)C(C)=O. The summed E-state index contributed by atoms with van der Waals surface area (Å²) in [7, 11) is 1.33. The lowest BCUT2D eigenvalue weighted by atomic mass is 10.3. The van der Waals surface area contributed by atoms with E-state index in [-0.39, 0.29) is 5.78 Å². The second-order valence-electron chi connectivity index (χ2n) is 1.36. The van der Waals surface area contributed by atoms with Crippen LogP contribution in [0.2, 0.25) is 0 Å². The fraction of sp³-hybridized carbons (Fsp3) is 0.600. The molecule has 0 rings (SSSR count). The van der Waals surface area contributed by atoms with Gasteiger partial charge in [-0.3, -0.25) is 4.79 Å². The fourth-order valence-electron chi connectivity index (χ4n) is 0.310. The van der Waals surface area contributed by atoms with Gasteiger partial charge in [0.25, 0.3) is 0 Å². The largest absolute Gasteiger partial charge is 0.359 e. The third kappa shape index (κ3) is 1.71. The molecule has 3 nitrogen and oxygen atoms in total. The lowest BCUT2D eigenvalue weighted by Gasteiger charge is -1.97. The van der Waals surface area contributed by atoms with Crippen molar-refractivity contribution in [1.29, 1.82) is 5.26 Å². The van der Waals surface area contributed by atoms with Crippen LogP contribution in [0.4, 0.5) is 0 Å². The van der Waals surface area contributed by atoms with Crippen LogP contribution in [0, 0.1) is 11.3 Å². The van der Waals surface area contributed by atoms with Gasteiger partial charge in [0.15, 0.2) is 5.78 Å². The molecule has 0 aliphatic heterocycles. The van der Waals surface area contributed by atoms with E-state index in [1.807, 2.05) is 0 Å². The van der Waals surface area contributed by atoms with Gasteiger partial charge in [0.1, 0.15) is 6.07 Å². The zero-order valence-electron chi connectivity index (χ0n) is 4.84. The van der Waals surface area contributed by atoms with Crippen molar-refractivity contribution < 1.29 is 9.53 Å². The maximum absolute atomic E-state index is 10.3. The first-order chi connectivity index (χ1) is 3.72. The summed E-state index contributed by atoms with van der Waals surface area (Å²) in [6, 6.07) is 1.68. The first kappa shape index (κ1) is 7.12. The number of rotatable bonds is 2. The second kappa shape index (κ2) is 3.16. The molecule has 1 unspecified atom stereocenters. The molecule has 0 saturated carbocycles. The Labute approximate surface area is 47.9 Å². The minimum absolute atomic E-state index is 0.255. The van der Waals surface area contributed by atoms with Crippen LogP contribution in [0.15, 0.2) is 0 Å². The highest BCUT2D eigenvalue weighted by atomic mass is 16.5. The molecule has 0 aromatic rings. The highest BCUT2D eigenvalue weighted by molar-refractivity contribution is 5.82. The summed E-state index contributed by atoms with van der Waals surface area (Å²) < 4.78 is 4.45. The molecular formula is C5H7NO2. The maximum Gasteiger partial charge on any atom is 0.201 e. The third-order valence-corrected chi connectivity index (χ3v) is 0.722. The highest BCUT2D eigenvalue weighted by Crippen LogP contribution is 1.86. The number of Topliss-reactive ketones (excluding diaryl/α,β-unsaturated/α-hetero) is 1. The summed E-state index contributed by atoms with van der Waals surface area (Å²) in [6.45, 7) is 1.32. The van der Waals surface area contributed by atoms with Crippen LogP contribution in [0.1, 0.15) is 6.92 Å². The summed E-state index contributed by atoms with van der Waals surface area (Å²) in [5.74, 6) is -0.255. The molecule has 44 valence electrons. The van der Waals surface area contributed by atoms with Crippen molar-refractivity contribution in [1.82, 2.24) is 0 Å². The average molecular weight is 113 g/mol. The number of hydrogen-bond acceptors (Lipinski definition) is 3. The van der Waals surface area contributed by atoms with Gasteiger partial charge in [0.05, 0.1) is 0 Å². The summed E-state index contributed by atoms with van der Waals surface area (Å²) >= 11 is 0. The Balaban J connectivity index is 3.76. The Hall–Kier alpha value is -0.880. The molecule has 0 aliphatic carbocycles. The lowest BCUT2D eigenvalue weighted by Crippen LogP contribution is -2.16. The summed E-state index contributed by atoms with van der Waals surface area (Å²) in [5.41, 5.74) is 0. The third-order valence-electron chi connectivity index (χ3n) is 0.722. The zero-order valence-corrected chi connectivity index (χ0v) is 4.84. The summed E-state index contributed by atoms with van der Waals surface area (Å²) in [5, 5.41) is 8.10. The van der Waals surface area contributed by atoms with Crippen LogP contribution in [-0.4, -0.2) is 19.0 Å². The van der Waals surface area contributed by atoms with Gasteiger partial charge in [-0.2, -0.15) is 5.26 Å². The van der Waals surface area contributed by atoms with E-state index in [1.165, 1.54) is 14.0 Å². The normalized spacial score (nSPS) is 12.1. The van der Waals surface area contributed by atoms with Gasteiger partial charge >= 0.3 is 0 Å². The Kier molecular flexibility index (Phi) is 2.82. The number of carbonyl (C=O) groups excluding carboxylic acids is 1. The Morgan fingerprint density at radius 1 is 1.88 bits per heavy atom. The topological polar surface area (TPSA) is 50.1 Å². The van der Waals surface area contributed by atoms with Crippen LogP contribution < -0.4 is 0 Å². The molecular weight excluding hydrogens is 106 g/mol. The molecule has 3 heteroatoms. The van der Waals surface area contributed by atoms with Crippen molar-refractivity contribution in [2.24, 2.45) is 0 Å². The second-order valence-corrected chi connectivity index (χ2v) is 1.36. The standard InChI is InChI=1S/C5H7NO2/c1-4(7)5(3-6)8-2/h5H,1-2H3. The van der Waals surface area contributed by atoms with E-state index in [9.17, 15) is 4.79 Å². The van der Waals surface area contributed by atoms with Crippen LogP contribution in [0.3, 0.4) is 0 Å². The highest BCUT2D eigenvalue weighted by Gasteiger charge is 2.08. The molecule has 0 aromatic carbocycles. The number of carbonyl (C=O) groups is 1. The summed E-state index contributed by atoms with van der Waals surface area (Å²) in [4.78, 5) is 10.3. The van der Waals surface area contributed by atoms with E-state index < -0.39 is 6.10 Å². The van der Waals surface area contributed by atoms with Gasteiger partial charge in [0, 0.05) is 7.11 Å². The van der Waals surface area contributed by atoms with Crippen molar-refractivity contribution in [3.63, 3.8) is 0 Å². The average Bonchev–Trinajstić information content (AvgIpc) is 1.69. The first-order valence-electron chi connectivity index (χ1n) is 2.15. The van der Waals surface area contributed by atoms with Crippen molar-refractivity contribution in [2.75, 3.05) is 7.11 Å². The van der Waals surface area contributed by atoms with Crippen molar-refractivity contribution in [3.8, 4) is 6.07 Å². The molecule has 1 atom stereocenters. The molecule has 0 saturated heterocycles. The zero-order chi connectivity index (χ0) is 6.57. The predicted molar refractivity (Wildman–Crippen MR) is 27.1 cm³/mol. The molecule has 0 spiro atoms. The number of hydrogen-bond donors (Lipinski definition) is 0. The number of methoxy groups -OCH3 is 1. The van der Waals surface area contributed by atoms with Crippen molar-refractivity contribution in [3.05, 3.63) is 0 Å². The van der Waals surface area contributed by atoms with Crippen molar-refractivity contribution >= 4 is 5.78 Å². The Morgan fingerprint density at radius 2 is 2.38 bits per heavy atom. The molecule has 0 aliphatic rings. The van der Waals surface area contributed by atoms with Gasteiger partial charge in [-0.1, -0.05) is 0 Å². The van der Waals surface area contributed by atoms with Gasteiger partial charge in [-0.15, -0.1) is 0 Å². The molecule has 0 N–H and O–H groups in total. The number of nitriles is 1. The fourth-order valence-corrected chi connectivity index (χ4v) is 0.310. The predicted octanol–water partition coefficient (Wildman–Crippen LogP) is 0.114. The van der Waals surface area contributed by atoms with Crippen LogP contribution in [0.25, 0.3) is 0 Å². The lowest BCUT2D eigenvalue weighted by molar-refractivity contribution is -0.123. The molecule has 0 amide bonds. The van der Waals surface area contributed by atoms with Crippen LogP contribution in [0.5, 0.6) is 0 Å². The monoisotopic (exact) mass is 113 g/mol. The number of ether oxygens (including phenoxy) is 1. The van der Waals surface area contributed by atoms with E-state index >= 15 is 0 Å². The van der Waals surface area contributed by atoms with Gasteiger partial charge in [-0.05, 0) is 6.92 Å². The van der Waals surface area contributed by atoms with E-state index in [1.54, 1.807) is 6.07 Å². The molecule has 0 heterocycles. The van der Waals surface area contributed by atoms with E-state index in [0.717, 1.165) is 0 Å². The van der Waals surface area contributed by atoms with E-state index in [0.29, 0.717) is 0 Å². The van der Waals surface area contributed by atoms with E-state index in [2.05, 4.69) is 4.74 Å². The van der Waals surface area contributed by atoms with Gasteiger partial charge in [0.2, 0.25) is 6.10 Å². The summed E-state index contributed by atoms with van der Waals surface area (Å²) in [6.07, 6.45) is -0.880. The molecule has 0 aromatic heterocycles. The maximum atomic E-state index is 10.3. The van der Waals surface area contributed by atoms with Crippen LogP contribution in [-0.2, 0) is 9.53 Å². The van der Waals surface area contributed by atoms with Gasteiger partial charge in [-0.25, -0.2) is 0 Å². The Morgan fingerprint density at radius 3 is 2.38 bits per heavy atom. The first-order valence-corrected chi connectivity index (χ1v) is 2.15. The van der Waals surface area contributed by atoms with E-state index in [4.69, 9.17) is 5.26 Å². The number of ketones is 1. The smallest absolute Gasteiger partial charge is 0.201 e. The van der Waals surface area contributed by atoms with Crippen LogP contribution >= 0.6 is 0 Å². The molecule has 0 radical (unpaired) electrons. The molecule has 0 fully saturated rings. The van der Waals surface area contributed by atoms with Gasteiger partial charge < -0.3 is 4.74 Å². The van der Waals surface area contributed by atoms with Crippen molar-refractivity contribution in [2.45, 2.75) is 13.0 Å².